The molecule has 7 heteroatoms. The van der Waals surface area contributed by atoms with Gasteiger partial charge in [0.05, 0.1) is 6.54 Å². The van der Waals surface area contributed by atoms with Gasteiger partial charge in [0.1, 0.15) is 0 Å². The Morgan fingerprint density at radius 2 is 2.64 bits per heavy atom. The van der Waals surface area contributed by atoms with Gasteiger partial charge in [-0.1, -0.05) is 5.11 Å². The predicted octanol–water partition coefficient (Wildman–Crippen LogP) is -0.463. The quantitative estimate of drug-likeness (QED) is 0.330. The first kappa shape index (κ1) is 7.36. The molecule has 0 aromatic heterocycles. The fourth-order valence-corrected chi connectivity index (χ4v) is 0.629. The fraction of sp³-hybridized carbons (Fsp3) is 0.500. The van der Waals surface area contributed by atoms with Crippen LogP contribution in [-0.4, -0.2) is 24.6 Å². The minimum absolute atomic E-state index is 0.0699. The molecule has 0 spiro atoms. The molecular formula is C4H5N5O2. The second kappa shape index (κ2) is 2.89. The van der Waals surface area contributed by atoms with E-state index in [1.807, 2.05) is 0 Å². The summed E-state index contributed by atoms with van der Waals surface area (Å²) in [5.41, 5.74) is 13.0. The number of aliphatic imine (C=N–C) groups is 1. The van der Waals surface area contributed by atoms with Gasteiger partial charge in [-0.2, -0.15) is 4.99 Å². The molecule has 0 bridgehead atoms. The third-order valence-electron chi connectivity index (χ3n) is 1.07. The van der Waals surface area contributed by atoms with Gasteiger partial charge in [0.25, 0.3) is 11.9 Å². The van der Waals surface area contributed by atoms with Crippen LogP contribution in [0.3, 0.4) is 0 Å². The van der Waals surface area contributed by atoms with Crippen LogP contribution in [0.4, 0.5) is 0 Å². The average molecular weight is 155 g/mol. The summed E-state index contributed by atoms with van der Waals surface area (Å²) >= 11 is 0. The van der Waals surface area contributed by atoms with E-state index in [0.29, 0.717) is 0 Å². The summed E-state index contributed by atoms with van der Waals surface area (Å²) < 4.78 is 4.69. The zero-order valence-electron chi connectivity index (χ0n) is 5.47. The molecule has 1 aliphatic rings. The van der Waals surface area contributed by atoms with Gasteiger partial charge in [-0.3, -0.25) is 4.79 Å². The fourth-order valence-electron chi connectivity index (χ4n) is 0.629. The van der Waals surface area contributed by atoms with Crippen LogP contribution in [0.25, 0.3) is 10.4 Å². The van der Waals surface area contributed by atoms with Gasteiger partial charge >= 0.3 is 0 Å². The monoisotopic (exact) mass is 155 g/mol. The maximum absolute atomic E-state index is 10.7. The van der Waals surface area contributed by atoms with Crippen LogP contribution in [0.5, 0.6) is 0 Å². The Morgan fingerprint density at radius 3 is 3.09 bits per heavy atom. The van der Waals surface area contributed by atoms with Gasteiger partial charge in [0.15, 0.2) is 6.10 Å². The van der Waals surface area contributed by atoms with E-state index in [-0.39, 0.29) is 12.6 Å². The summed E-state index contributed by atoms with van der Waals surface area (Å²) in [5, 5.41) is 3.14. The van der Waals surface area contributed by atoms with Crippen molar-refractivity contribution in [3.63, 3.8) is 0 Å². The first-order valence-electron chi connectivity index (χ1n) is 2.79. The number of rotatable bonds is 2. The molecule has 58 valence electrons. The van der Waals surface area contributed by atoms with Crippen molar-refractivity contribution >= 4 is 11.9 Å². The van der Waals surface area contributed by atoms with Gasteiger partial charge in [0, 0.05) is 4.91 Å². The van der Waals surface area contributed by atoms with E-state index in [1.165, 1.54) is 0 Å². The summed E-state index contributed by atoms with van der Waals surface area (Å²) in [7, 11) is 0. The largest absolute Gasteiger partial charge is 0.451 e. The summed E-state index contributed by atoms with van der Waals surface area (Å²) in [6.45, 7) is -0.0699. The number of hydrogen-bond donors (Lipinski definition) is 1. The molecule has 0 aliphatic carbocycles. The molecule has 0 fully saturated rings. The highest BCUT2D eigenvalue weighted by Gasteiger charge is 2.26. The van der Waals surface area contributed by atoms with E-state index in [9.17, 15) is 4.79 Å². The maximum atomic E-state index is 10.7. The van der Waals surface area contributed by atoms with Crippen molar-refractivity contribution in [2.45, 2.75) is 6.10 Å². The van der Waals surface area contributed by atoms with Crippen molar-refractivity contribution in [1.82, 2.24) is 0 Å². The minimum Gasteiger partial charge on any atom is -0.451 e. The highest BCUT2D eigenvalue weighted by atomic mass is 16.5. The molecule has 1 aliphatic heterocycles. The van der Waals surface area contributed by atoms with Crippen LogP contribution in [0.15, 0.2) is 10.1 Å². The van der Waals surface area contributed by atoms with Crippen molar-refractivity contribution in [3.05, 3.63) is 10.4 Å². The molecule has 1 amide bonds. The smallest absolute Gasteiger partial charge is 0.291 e. The molecule has 0 radical (unpaired) electrons. The van der Waals surface area contributed by atoms with Crippen LogP contribution in [0, 0.1) is 0 Å². The molecule has 1 heterocycles. The number of hydrogen-bond acceptors (Lipinski definition) is 4. The van der Waals surface area contributed by atoms with E-state index in [4.69, 9.17) is 11.3 Å². The van der Waals surface area contributed by atoms with Crippen LogP contribution in [-0.2, 0) is 9.53 Å². The third kappa shape index (κ3) is 1.59. The molecule has 2 N–H and O–H groups in total. The van der Waals surface area contributed by atoms with E-state index >= 15 is 0 Å². The lowest BCUT2D eigenvalue weighted by atomic mass is 10.3. The SMILES string of the molecule is [N-]=[N+]=NCC1OC(N)=NC1=O. The summed E-state index contributed by atoms with van der Waals surface area (Å²) in [6, 6.07) is -0.173. The van der Waals surface area contributed by atoms with Crippen LogP contribution in [0.1, 0.15) is 0 Å². The Hall–Kier alpha value is -1.75. The molecule has 0 saturated carbocycles. The molecule has 0 aromatic carbocycles. The Kier molecular flexibility index (Phi) is 1.93. The first-order valence-corrected chi connectivity index (χ1v) is 2.79. The number of carbonyl (C=O) groups is 1. The highest BCUT2D eigenvalue weighted by Crippen LogP contribution is 2.03. The Labute approximate surface area is 61.5 Å². The topological polar surface area (TPSA) is 113 Å². The molecule has 1 unspecified atom stereocenters. The van der Waals surface area contributed by atoms with Gasteiger partial charge in [-0.05, 0) is 5.53 Å². The number of amides is 1. The molecular weight excluding hydrogens is 150 g/mol. The lowest BCUT2D eigenvalue weighted by Crippen LogP contribution is -2.23. The lowest BCUT2D eigenvalue weighted by molar-refractivity contribution is -0.122. The Bertz CT molecular complexity index is 253. The number of azide groups is 1. The molecule has 0 aromatic rings. The van der Waals surface area contributed by atoms with Gasteiger partial charge in [0.2, 0.25) is 0 Å². The zero-order valence-corrected chi connectivity index (χ0v) is 5.47. The molecule has 11 heavy (non-hydrogen) atoms. The number of ether oxygens (including phenoxy) is 1. The van der Waals surface area contributed by atoms with E-state index in [0.717, 1.165) is 0 Å². The predicted molar refractivity (Wildman–Crippen MR) is 35.5 cm³/mol. The highest BCUT2D eigenvalue weighted by molar-refractivity contribution is 5.97. The molecule has 0 saturated heterocycles. The second-order valence-corrected chi connectivity index (χ2v) is 1.81. The number of carbonyl (C=O) groups excluding carboxylic acids is 1. The normalized spacial score (nSPS) is 22.0. The molecule has 1 rings (SSSR count). The molecule has 7 nitrogen and oxygen atoms in total. The van der Waals surface area contributed by atoms with Crippen molar-refractivity contribution in [2.75, 3.05) is 6.54 Å². The third-order valence-corrected chi connectivity index (χ3v) is 1.07. The van der Waals surface area contributed by atoms with Crippen molar-refractivity contribution in [3.8, 4) is 0 Å². The van der Waals surface area contributed by atoms with Crippen LogP contribution in [0.2, 0.25) is 0 Å². The van der Waals surface area contributed by atoms with Crippen LogP contribution >= 0.6 is 0 Å². The van der Waals surface area contributed by atoms with Crippen molar-refractivity contribution in [2.24, 2.45) is 15.8 Å². The first-order chi connectivity index (χ1) is 5.24. The Morgan fingerprint density at radius 1 is 1.91 bits per heavy atom. The minimum atomic E-state index is -0.828. The summed E-state index contributed by atoms with van der Waals surface area (Å²) in [5.74, 6) is -0.505. The standard InChI is InChI=1S/C4H5N5O2/c5-4-8-3(10)2(11-4)1-7-9-6/h2H,1H2,(H2,5,8,10). The van der Waals surface area contributed by atoms with Gasteiger partial charge in [-0.25, -0.2) is 0 Å². The second-order valence-electron chi connectivity index (χ2n) is 1.81. The number of nitrogens with two attached hydrogens (primary N) is 1. The van der Waals surface area contributed by atoms with Crippen LogP contribution < -0.4 is 5.73 Å². The van der Waals surface area contributed by atoms with Crippen molar-refractivity contribution in [1.29, 1.82) is 0 Å². The van der Waals surface area contributed by atoms with Gasteiger partial charge in [-0.15, -0.1) is 0 Å². The van der Waals surface area contributed by atoms with E-state index < -0.39 is 12.0 Å². The average Bonchev–Trinajstić information content (AvgIpc) is 2.26. The number of amidine groups is 1. The Balaban J connectivity index is 2.53. The van der Waals surface area contributed by atoms with E-state index in [1.54, 1.807) is 0 Å². The molecule has 1 atom stereocenters. The van der Waals surface area contributed by atoms with E-state index in [2.05, 4.69) is 19.8 Å². The summed E-state index contributed by atoms with van der Waals surface area (Å²) in [6.07, 6.45) is -0.828. The van der Waals surface area contributed by atoms with Gasteiger partial charge < -0.3 is 10.5 Å². The zero-order chi connectivity index (χ0) is 8.27. The number of nitrogens with zero attached hydrogens (tertiary/aromatic N) is 4. The maximum Gasteiger partial charge on any atom is 0.291 e. The summed E-state index contributed by atoms with van der Waals surface area (Å²) in [4.78, 5) is 16.4. The lowest BCUT2D eigenvalue weighted by Gasteiger charge is -2.01. The van der Waals surface area contributed by atoms with Crippen molar-refractivity contribution < 1.29 is 9.53 Å².